The lowest BCUT2D eigenvalue weighted by molar-refractivity contribution is 0.0601. The molecule has 3 aromatic rings. The van der Waals surface area contributed by atoms with Crippen LogP contribution in [0.15, 0.2) is 42.5 Å². The molecule has 3 rings (SSSR count). The number of hydrogen-bond acceptors (Lipinski definition) is 6. The Morgan fingerprint density at radius 2 is 1.85 bits per heavy atom. The predicted octanol–water partition coefficient (Wildman–Crippen LogP) is 4.12. The van der Waals surface area contributed by atoms with Crippen LogP contribution >= 0.6 is 11.3 Å². The molecule has 1 heterocycles. The molecule has 0 spiro atoms. The van der Waals surface area contributed by atoms with Gasteiger partial charge in [-0.05, 0) is 48.9 Å². The first kappa shape index (κ1) is 17.9. The number of esters is 1. The molecule has 6 nitrogen and oxygen atoms in total. The zero-order valence-corrected chi connectivity index (χ0v) is 15.3. The van der Waals surface area contributed by atoms with E-state index in [0.717, 1.165) is 16.9 Å². The standard InChI is InChI=1S/C19H18N2O4S/c1-3-10-25-14-7-4-12(5-8-14)17(22)21-19-20-15-9-6-13(18(23)24-2)11-16(15)26-19/h4-9,11H,3,10H2,1-2H3,(H,20,21,22). The second-order valence-corrected chi connectivity index (χ2v) is 6.55. The van der Waals surface area contributed by atoms with Gasteiger partial charge in [0.25, 0.3) is 5.91 Å². The topological polar surface area (TPSA) is 77.5 Å². The van der Waals surface area contributed by atoms with Crippen LogP contribution in [0.25, 0.3) is 10.2 Å². The number of aromatic nitrogens is 1. The van der Waals surface area contributed by atoms with Crippen LogP contribution in [0.5, 0.6) is 5.75 Å². The number of anilines is 1. The molecule has 0 fully saturated rings. The summed E-state index contributed by atoms with van der Waals surface area (Å²) in [5.41, 5.74) is 1.67. The number of rotatable bonds is 6. The molecule has 0 atom stereocenters. The minimum atomic E-state index is -0.406. The number of carbonyl (C=O) groups excluding carboxylic acids is 2. The van der Waals surface area contributed by atoms with Crippen molar-refractivity contribution in [3.8, 4) is 5.75 Å². The molecule has 134 valence electrons. The van der Waals surface area contributed by atoms with Gasteiger partial charge in [-0.3, -0.25) is 10.1 Å². The normalized spacial score (nSPS) is 10.5. The molecule has 0 unspecified atom stereocenters. The van der Waals surface area contributed by atoms with E-state index in [1.54, 1.807) is 42.5 Å². The van der Waals surface area contributed by atoms with Crippen LogP contribution in [0.3, 0.4) is 0 Å². The average molecular weight is 370 g/mol. The molecular weight excluding hydrogens is 352 g/mol. The van der Waals surface area contributed by atoms with Crippen molar-refractivity contribution in [2.24, 2.45) is 0 Å². The quantitative estimate of drug-likeness (QED) is 0.660. The van der Waals surface area contributed by atoms with E-state index < -0.39 is 5.97 Å². The fourth-order valence-electron chi connectivity index (χ4n) is 2.31. The predicted molar refractivity (Wildman–Crippen MR) is 101 cm³/mol. The first-order chi connectivity index (χ1) is 12.6. The van der Waals surface area contributed by atoms with E-state index in [1.807, 2.05) is 6.92 Å². The lowest BCUT2D eigenvalue weighted by Gasteiger charge is -2.05. The molecule has 1 N–H and O–H groups in total. The number of nitrogens with one attached hydrogen (secondary N) is 1. The van der Waals surface area contributed by atoms with E-state index in [9.17, 15) is 9.59 Å². The third kappa shape index (κ3) is 4.00. The Bertz CT molecular complexity index is 934. The van der Waals surface area contributed by atoms with Gasteiger partial charge in [0.15, 0.2) is 5.13 Å². The zero-order valence-electron chi connectivity index (χ0n) is 14.4. The molecule has 7 heteroatoms. The summed E-state index contributed by atoms with van der Waals surface area (Å²) < 4.78 is 11.0. The van der Waals surface area contributed by atoms with Crippen LogP contribution in [0.1, 0.15) is 34.1 Å². The van der Waals surface area contributed by atoms with Gasteiger partial charge < -0.3 is 9.47 Å². The molecular formula is C19H18N2O4S. The van der Waals surface area contributed by atoms with Gasteiger partial charge in [-0.15, -0.1) is 0 Å². The van der Waals surface area contributed by atoms with Gasteiger partial charge in [0.1, 0.15) is 5.75 Å². The summed E-state index contributed by atoms with van der Waals surface area (Å²) >= 11 is 1.30. The number of fused-ring (bicyclic) bond motifs is 1. The highest BCUT2D eigenvalue weighted by Crippen LogP contribution is 2.27. The summed E-state index contributed by atoms with van der Waals surface area (Å²) in [5, 5.41) is 3.26. The molecule has 0 aliphatic rings. The Labute approximate surface area is 154 Å². The van der Waals surface area contributed by atoms with E-state index in [-0.39, 0.29) is 5.91 Å². The summed E-state index contributed by atoms with van der Waals surface area (Å²) in [6, 6.07) is 12.0. The van der Waals surface area contributed by atoms with Gasteiger partial charge in [-0.2, -0.15) is 0 Å². The molecule has 0 aliphatic heterocycles. The Hall–Kier alpha value is -2.93. The monoisotopic (exact) mass is 370 g/mol. The second-order valence-electron chi connectivity index (χ2n) is 5.52. The number of ether oxygens (including phenoxy) is 2. The van der Waals surface area contributed by atoms with Crippen molar-refractivity contribution in [3.63, 3.8) is 0 Å². The van der Waals surface area contributed by atoms with Crippen LogP contribution in [0.2, 0.25) is 0 Å². The molecule has 0 saturated carbocycles. The van der Waals surface area contributed by atoms with Gasteiger partial charge in [0, 0.05) is 5.56 Å². The second kappa shape index (κ2) is 7.97. The minimum Gasteiger partial charge on any atom is -0.494 e. The number of nitrogens with zero attached hydrogens (tertiary/aromatic N) is 1. The third-order valence-electron chi connectivity index (χ3n) is 3.62. The molecule has 0 bridgehead atoms. The fraction of sp³-hybridized carbons (Fsp3) is 0.211. The lowest BCUT2D eigenvalue weighted by Crippen LogP contribution is -2.11. The summed E-state index contributed by atoms with van der Waals surface area (Å²) in [6.45, 7) is 2.68. The third-order valence-corrected chi connectivity index (χ3v) is 4.55. The lowest BCUT2D eigenvalue weighted by atomic mass is 10.2. The van der Waals surface area contributed by atoms with E-state index >= 15 is 0 Å². The first-order valence-corrected chi connectivity index (χ1v) is 8.95. The van der Waals surface area contributed by atoms with Crippen molar-refractivity contribution in [3.05, 3.63) is 53.6 Å². The smallest absolute Gasteiger partial charge is 0.337 e. The van der Waals surface area contributed by atoms with Gasteiger partial charge in [-0.1, -0.05) is 18.3 Å². The Morgan fingerprint density at radius 3 is 2.54 bits per heavy atom. The van der Waals surface area contributed by atoms with Crippen molar-refractivity contribution in [2.45, 2.75) is 13.3 Å². The Morgan fingerprint density at radius 1 is 1.12 bits per heavy atom. The summed E-state index contributed by atoms with van der Waals surface area (Å²) in [4.78, 5) is 28.4. The fourth-order valence-corrected chi connectivity index (χ4v) is 3.21. The average Bonchev–Trinajstić information content (AvgIpc) is 3.07. The maximum Gasteiger partial charge on any atom is 0.337 e. The van der Waals surface area contributed by atoms with E-state index in [2.05, 4.69) is 10.3 Å². The van der Waals surface area contributed by atoms with Crippen molar-refractivity contribution in [1.29, 1.82) is 0 Å². The van der Waals surface area contributed by atoms with E-state index in [0.29, 0.717) is 28.4 Å². The highest BCUT2D eigenvalue weighted by molar-refractivity contribution is 7.22. The van der Waals surface area contributed by atoms with Crippen molar-refractivity contribution >= 4 is 38.6 Å². The molecule has 26 heavy (non-hydrogen) atoms. The Balaban J connectivity index is 1.73. The van der Waals surface area contributed by atoms with Crippen LogP contribution in [0, 0.1) is 0 Å². The molecule has 1 aromatic heterocycles. The molecule has 1 amide bonds. The number of carbonyl (C=O) groups is 2. The van der Waals surface area contributed by atoms with Gasteiger partial charge in [-0.25, -0.2) is 9.78 Å². The minimum absolute atomic E-state index is 0.251. The number of hydrogen-bond donors (Lipinski definition) is 1. The highest BCUT2D eigenvalue weighted by atomic mass is 32.1. The van der Waals surface area contributed by atoms with Gasteiger partial charge >= 0.3 is 5.97 Å². The number of benzene rings is 2. The van der Waals surface area contributed by atoms with Crippen molar-refractivity contribution < 1.29 is 19.1 Å². The Kier molecular flexibility index (Phi) is 5.48. The summed E-state index contributed by atoms with van der Waals surface area (Å²) in [5.74, 6) is 0.0780. The molecule has 0 saturated heterocycles. The van der Waals surface area contributed by atoms with Crippen LogP contribution < -0.4 is 10.1 Å². The number of amides is 1. The van der Waals surface area contributed by atoms with Gasteiger partial charge in [0.2, 0.25) is 0 Å². The number of thiazole rings is 1. The SMILES string of the molecule is CCCOc1ccc(C(=O)Nc2nc3ccc(C(=O)OC)cc3s2)cc1. The van der Waals surface area contributed by atoms with Crippen LogP contribution in [-0.4, -0.2) is 30.6 Å². The molecule has 0 radical (unpaired) electrons. The van der Waals surface area contributed by atoms with E-state index in [1.165, 1.54) is 18.4 Å². The maximum absolute atomic E-state index is 12.4. The summed E-state index contributed by atoms with van der Waals surface area (Å²) in [6.07, 6.45) is 0.928. The first-order valence-electron chi connectivity index (χ1n) is 8.14. The summed E-state index contributed by atoms with van der Waals surface area (Å²) in [7, 11) is 1.34. The largest absolute Gasteiger partial charge is 0.494 e. The zero-order chi connectivity index (χ0) is 18.5. The molecule has 2 aromatic carbocycles. The van der Waals surface area contributed by atoms with Crippen LogP contribution in [0.4, 0.5) is 5.13 Å². The molecule has 0 aliphatic carbocycles. The van der Waals surface area contributed by atoms with Gasteiger partial charge in [0.05, 0.1) is 29.5 Å². The highest BCUT2D eigenvalue weighted by Gasteiger charge is 2.12. The van der Waals surface area contributed by atoms with E-state index in [4.69, 9.17) is 9.47 Å². The van der Waals surface area contributed by atoms with Crippen molar-refractivity contribution in [2.75, 3.05) is 19.0 Å². The number of methoxy groups -OCH3 is 1. The van der Waals surface area contributed by atoms with Crippen molar-refractivity contribution in [1.82, 2.24) is 4.98 Å². The van der Waals surface area contributed by atoms with Crippen LogP contribution in [-0.2, 0) is 4.74 Å². The maximum atomic E-state index is 12.4.